The van der Waals surface area contributed by atoms with Gasteiger partial charge in [-0.1, -0.05) is 31.7 Å². The Balaban J connectivity index is 2.35. The molecule has 8 nitrogen and oxygen atoms in total. The van der Waals surface area contributed by atoms with Crippen molar-refractivity contribution in [2.45, 2.75) is 30.8 Å². The summed E-state index contributed by atoms with van der Waals surface area (Å²) in [5.41, 5.74) is 5.93. The molecule has 0 spiro atoms. The number of carbonyl (C=O) groups excluding carboxylic acids is 2. The molecule has 0 saturated heterocycles. The van der Waals surface area contributed by atoms with E-state index in [0.29, 0.717) is 17.5 Å². The lowest BCUT2D eigenvalue weighted by molar-refractivity contribution is -0.120. The van der Waals surface area contributed by atoms with E-state index < -0.39 is 17.2 Å². The number of imide groups is 1. The molecule has 0 aliphatic rings. The third-order valence-corrected chi connectivity index (χ3v) is 5.24. The number of rotatable bonds is 8. The van der Waals surface area contributed by atoms with Crippen molar-refractivity contribution in [2.75, 3.05) is 7.11 Å². The maximum absolute atomic E-state index is 12.3. The Bertz CT molecular complexity index is 817. The predicted molar refractivity (Wildman–Crippen MR) is 104 cm³/mol. The van der Waals surface area contributed by atoms with E-state index in [1.54, 1.807) is 13.2 Å². The zero-order valence-corrected chi connectivity index (χ0v) is 16.3. The highest BCUT2D eigenvalue weighted by atomic mass is 32.2. The van der Waals surface area contributed by atoms with Crippen LogP contribution in [-0.2, 0) is 11.3 Å². The number of nitrogens with one attached hydrogen (secondary N) is 1. The summed E-state index contributed by atoms with van der Waals surface area (Å²) in [6.45, 7) is 8.02. The standard InChI is InChI=1S/C18H23N5O3S/c1-5-10-23-15(12-6-8-13(26-4)9-7-12)21-22-18(23)27-14(11(2)3)16(24)20-17(19)25/h5-9,11,14H,1,10H2,2-4H3,(H3,19,20,24,25)/t14-/m0/s1. The largest absolute Gasteiger partial charge is 0.497 e. The molecule has 144 valence electrons. The number of nitrogens with two attached hydrogens (primary N) is 1. The third kappa shape index (κ3) is 5.10. The third-order valence-electron chi connectivity index (χ3n) is 3.72. The van der Waals surface area contributed by atoms with Crippen LogP contribution in [0.3, 0.4) is 0 Å². The topological polar surface area (TPSA) is 112 Å². The van der Waals surface area contributed by atoms with Gasteiger partial charge in [-0.2, -0.15) is 0 Å². The maximum Gasteiger partial charge on any atom is 0.318 e. The maximum atomic E-state index is 12.3. The van der Waals surface area contributed by atoms with Crippen LogP contribution in [0.2, 0.25) is 0 Å². The zero-order chi connectivity index (χ0) is 20.0. The summed E-state index contributed by atoms with van der Waals surface area (Å²) >= 11 is 1.23. The van der Waals surface area contributed by atoms with Gasteiger partial charge < -0.3 is 10.5 Å². The van der Waals surface area contributed by atoms with Gasteiger partial charge in [0.05, 0.1) is 12.4 Å². The van der Waals surface area contributed by atoms with Crippen LogP contribution in [0.1, 0.15) is 13.8 Å². The van der Waals surface area contributed by atoms with E-state index in [1.165, 1.54) is 11.8 Å². The fourth-order valence-electron chi connectivity index (χ4n) is 2.42. The first-order chi connectivity index (χ1) is 12.9. The van der Waals surface area contributed by atoms with E-state index in [9.17, 15) is 9.59 Å². The monoisotopic (exact) mass is 389 g/mol. The number of ether oxygens (including phenoxy) is 1. The average molecular weight is 389 g/mol. The minimum absolute atomic E-state index is 0.0485. The number of carbonyl (C=O) groups is 2. The lowest BCUT2D eigenvalue weighted by Gasteiger charge is -2.18. The molecule has 27 heavy (non-hydrogen) atoms. The van der Waals surface area contributed by atoms with E-state index >= 15 is 0 Å². The first kappa shape index (κ1) is 20.5. The molecule has 2 aromatic rings. The molecular formula is C18H23N5O3S. The van der Waals surface area contributed by atoms with Gasteiger partial charge in [-0.05, 0) is 30.2 Å². The fraction of sp³-hybridized carbons (Fsp3) is 0.333. The van der Waals surface area contributed by atoms with Crippen molar-refractivity contribution >= 4 is 23.7 Å². The van der Waals surface area contributed by atoms with E-state index in [2.05, 4.69) is 22.1 Å². The van der Waals surface area contributed by atoms with Crippen LogP contribution < -0.4 is 15.8 Å². The Morgan fingerprint density at radius 2 is 2.00 bits per heavy atom. The summed E-state index contributed by atoms with van der Waals surface area (Å²) in [5, 5.41) is 10.7. The molecule has 1 aromatic carbocycles. The Labute approximate surface area is 162 Å². The molecule has 9 heteroatoms. The molecule has 1 aromatic heterocycles. The van der Waals surface area contributed by atoms with Crippen molar-refractivity contribution in [1.82, 2.24) is 20.1 Å². The lowest BCUT2D eigenvalue weighted by atomic mass is 10.1. The molecule has 0 unspecified atom stereocenters. The number of amides is 3. The average Bonchev–Trinajstić information content (AvgIpc) is 3.01. The van der Waals surface area contributed by atoms with Gasteiger partial charge in [0.2, 0.25) is 5.91 Å². The molecule has 0 aliphatic carbocycles. The van der Waals surface area contributed by atoms with Gasteiger partial charge in [0.1, 0.15) is 5.75 Å². The molecule has 3 N–H and O–H groups in total. The highest BCUT2D eigenvalue weighted by Gasteiger charge is 2.27. The van der Waals surface area contributed by atoms with Crippen LogP contribution in [-0.4, -0.2) is 39.1 Å². The van der Waals surface area contributed by atoms with Gasteiger partial charge in [-0.3, -0.25) is 14.7 Å². The van der Waals surface area contributed by atoms with Crippen molar-refractivity contribution in [3.8, 4) is 17.1 Å². The molecule has 0 fully saturated rings. The van der Waals surface area contributed by atoms with Gasteiger partial charge in [0.15, 0.2) is 11.0 Å². The SMILES string of the molecule is C=CCn1c(S[C@H](C(=O)NC(N)=O)C(C)C)nnc1-c1ccc(OC)cc1. The van der Waals surface area contributed by atoms with Crippen LogP contribution >= 0.6 is 11.8 Å². The highest BCUT2D eigenvalue weighted by molar-refractivity contribution is 8.00. The molecule has 0 aliphatic heterocycles. The zero-order valence-electron chi connectivity index (χ0n) is 15.5. The lowest BCUT2D eigenvalue weighted by Crippen LogP contribution is -2.42. The number of hydrogen-bond acceptors (Lipinski definition) is 6. The van der Waals surface area contributed by atoms with Crippen molar-refractivity contribution in [1.29, 1.82) is 0 Å². The molecule has 2 rings (SSSR count). The second-order valence-corrected chi connectivity index (χ2v) is 7.18. The molecular weight excluding hydrogens is 366 g/mol. The van der Waals surface area contributed by atoms with Crippen molar-refractivity contribution < 1.29 is 14.3 Å². The van der Waals surface area contributed by atoms with Crippen molar-refractivity contribution in [3.05, 3.63) is 36.9 Å². The number of allylic oxidation sites excluding steroid dienone is 1. The summed E-state index contributed by atoms with van der Waals surface area (Å²) in [6.07, 6.45) is 1.73. The van der Waals surface area contributed by atoms with Crippen LogP contribution in [0, 0.1) is 5.92 Å². The van der Waals surface area contributed by atoms with Crippen molar-refractivity contribution in [2.24, 2.45) is 11.7 Å². The van der Waals surface area contributed by atoms with Gasteiger partial charge in [0.25, 0.3) is 0 Å². The fourth-order valence-corrected chi connectivity index (χ4v) is 3.46. The summed E-state index contributed by atoms with van der Waals surface area (Å²) in [5.74, 6) is 0.887. The van der Waals surface area contributed by atoms with Gasteiger partial charge in [-0.15, -0.1) is 16.8 Å². The quantitative estimate of drug-likeness (QED) is 0.530. The summed E-state index contributed by atoms with van der Waals surface area (Å²) in [7, 11) is 1.60. The number of benzene rings is 1. The van der Waals surface area contributed by atoms with Crippen LogP contribution in [0.4, 0.5) is 4.79 Å². The van der Waals surface area contributed by atoms with E-state index in [4.69, 9.17) is 10.5 Å². The Kier molecular flexibility index (Phi) is 7.00. The number of nitrogens with zero attached hydrogens (tertiary/aromatic N) is 3. The number of hydrogen-bond donors (Lipinski definition) is 2. The molecule has 3 amide bonds. The van der Waals surface area contributed by atoms with Crippen LogP contribution in [0.25, 0.3) is 11.4 Å². The first-order valence-electron chi connectivity index (χ1n) is 8.32. The first-order valence-corrected chi connectivity index (χ1v) is 9.20. The number of thioether (sulfide) groups is 1. The molecule has 0 saturated carbocycles. The smallest absolute Gasteiger partial charge is 0.318 e. The summed E-state index contributed by atoms with van der Waals surface area (Å²) < 4.78 is 7.05. The summed E-state index contributed by atoms with van der Waals surface area (Å²) in [6, 6.07) is 6.57. The number of aromatic nitrogens is 3. The van der Waals surface area contributed by atoms with Gasteiger partial charge in [-0.25, -0.2) is 4.79 Å². The van der Waals surface area contributed by atoms with Gasteiger partial charge in [0, 0.05) is 12.1 Å². The number of methoxy groups -OCH3 is 1. The van der Waals surface area contributed by atoms with E-state index in [1.807, 2.05) is 42.7 Å². The number of urea groups is 1. The van der Waals surface area contributed by atoms with Crippen molar-refractivity contribution in [3.63, 3.8) is 0 Å². The molecule has 0 radical (unpaired) electrons. The minimum Gasteiger partial charge on any atom is -0.497 e. The van der Waals surface area contributed by atoms with Crippen LogP contribution in [0.5, 0.6) is 5.75 Å². The summed E-state index contributed by atoms with van der Waals surface area (Å²) in [4.78, 5) is 23.3. The normalized spacial score (nSPS) is 11.9. The Morgan fingerprint density at radius 1 is 1.33 bits per heavy atom. The number of primary amides is 1. The van der Waals surface area contributed by atoms with Gasteiger partial charge >= 0.3 is 6.03 Å². The second kappa shape index (κ2) is 9.22. The van der Waals surface area contributed by atoms with Crippen LogP contribution in [0.15, 0.2) is 42.1 Å². The van der Waals surface area contributed by atoms with E-state index in [0.717, 1.165) is 11.3 Å². The molecule has 1 atom stereocenters. The molecule has 1 heterocycles. The molecule has 0 bridgehead atoms. The Morgan fingerprint density at radius 3 is 2.52 bits per heavy atom. The van der Waals surface area contributed by atoms with E-state index in [-0.39, 0.29) is 5.92 Å². The predicted octanol–water partition coefficient (Wildman–Crippen LogP) is 2.45. The minimum atomic E-state index is -0.877. The Hall–Kier alpha value is -2.81. The second-order valence-electron chi connectivity index (χ2n) is 6.07. The highest BCUT2D eigenvalue weighted by Crippen LogP contribution is 2.30.